The zero-order valence-electron chi connectivity index (χ0n) is 14.0. The molecular formula is C17H17IN4O3. The number of nitrogens with one attached hydrogen (secondary N) is 1. The van der Waals surface area contributed by atoms with Gasteiger partial charge in [0.05, 0.1) is 23.2 Å². The Morgan fingerprint density at radius 2 is 2.24 bits per heavy atom. The summed E-state index contributed by atoms with van der Waals surface area (Å²) in [6.45, 7) is 4.30. The van der Waals surface area contributed by atoms with Crippen LogP contribution in [0.5, 0.6) is 17.4 Å². The summed E-state index contributed by atoms with van der Waals surface area (Å²) in [5.41, 5.74) is 8.79. The number of rotatable bonds is 4. The number of halogens is 1. The molecule has 1 aromatic carbocycles. The molecule has 0 bridgehead atoms. The van der Waals surface area contributed by atoms with Crippen LogP contribution in [-0.4, -0.2) is 23.9 Å². The molecule has 0 aliphatic carbocycles. The molecule has 25 heavy (non-hydrogen) atoms. The number of hydrogen-bond acceptors (Lipinski definition) is 6. The van der Waals surface area contributed by atoms with Gasteiger partial charge in [0.2, 0.25) is 11.8 Å². The van der Waals surface area contributed by atoms with Gasteiger partial charge < -0.3 is 19.9 Å². The van der Waals surface area contributed by atoms with Crippen molar-refractivity contribution in [2.24, 2.45) is 5.73 Å². The number of nitrogens with zero attached hydrogens (tertiary/aromatic N) is 2. The monoisotopic (exact) mass is 452 g/mol. The third-order valence-electron chi connectivity index (χ3n) is 4.00. The van der Waals surface area contributed by atoms with Crippen molar-refractivity contribution in [3.8, 4) is 23.4 Å². The minimum Gasteiger partial charge on any atom is -0.492 e. The van der Waals surface area contributed by atoms with Gasteiger partial charge in [-0.3, -0.25) is 5.10 Å². The normalized spacial score (nSPS) is 16.0. The van der Waals surface area contributed by atoms with Crippen LogP contribution in [0.3, 0.4) is 0 Å². The van der Waals surface area contributed by atoms with Gasteiger partial charge in [-0.1, -0.05) is 0 Å². The summed E-state index contributed by atoms with van der Waals surface area (Å²) in [6.07, 6.45) is 0. The lowest BCUT2D eigenvalue weighted by Gasteiger charge is -2.24. The van der Waals surface area contributed by atoms with E-state index in [0.717, 1.165) is 20.4 Å². The lowest BCUT2D eigenvalue weighted by molar-refractivity contribution is 0.309. The number of methoxy groups -OCH3 is 1. The highest BCUT2D eigenvalue weighted by molar-refractivity contribution is 14.1. The Morgan fingerprint density at radius 3 is 2.88 bits per heavy atom. The standard InChI is InChI=1S/C17H17IN4O3/c1-4-24-12-6-9(5-11(18)15(12)23-3)14-10(7-19)16(20)25-17-13(14)8(2)21-22-17/h5-6,14H,4,20H2,1-3H3,(H,21,22)/t14-/m0/s1. The molecule has 3 rings (SSSR count). The molecule has 2 aromatic rings. The van der Waals surface area contributed by atoms with E-state index in [-0.39, 0.29) is 11.8 Å². The number of aromatic nitrogens is 2. The Labute approximate surface area is 158 Å². The number of hydrogen-bond donors (Lipinski definition) is 2. The SMILES string of the molecule is CCOc1cc([C@H]2C(C#N)=C(N)Oc3n[nH]c(C)c32)cc(I)c1OC. The third kappa shape index (κ3) is 2.89. The largest absolute Gasteiger partial charge is 0.492 e. The van der Waals surface area contributed by atoms with Crippen LogP contribution >= 0.6 is 22.6 Å². The fourth-order valence-corrected chi connectivity index (χ4v) is 3.79. The molecule has 0 saturated carbocycles. The number of ether oxygens (including phenoxy) is 3. The second kappa shape index (κ2) is 6.84. The third-order valence-corrected chi connectivity index (χ3v) is 4.80. The Morgan fingerprint density at radius 1 is 1.48 bits per heavy atom. The highest BCUT2D eigenvalue weighted by Crippen LogP contribution is 2.45. The number of fused-ring (bicyclic) bond motifs is 1. The first-order valence-corrected chi connectivity index (χ1v) is 8.72. The smallest absolute Gasteiger partial charge is 0.244 e. The summed E-state index contributed by atoms with van der Waals surface area (Å²) in [5, 5.41) is 16.7. The van der Waals surface area contributed by atoms with Gasteiger partial charge in [0.1, 0.15) is 11.6 Å². The maximum atomic E-state index is 9.63. The molecule has 130 valence electrons. The summed E-state index contributed by atoms with van der Waals surface area (Å²) in [5.74, 6) is 1.36. The van der Waals surface area contributed by atoms with Gasteiger partial charge in [0, 0.05) is 11.3 Å². The minimum absolute atomic E-state index is 0.0651. The van der Waals surface area contributed by atoms with Crippen LogP contribution in [0.25, 0.3) is 0 Å². The number of aryl methyl sites for hydroxylation is 1. The second-order valence-electron chi connectivity index (χ2n) is 5.46. The van der Waals surface area contributed by atoms with E-state index < -0.39 is 0 Å². The topological polar surface area (TPSA) is 106 Å². The van der Waals surface area contributed by atoms with Gasteiger partial charge in [-0.2, -0.15) is 5.26 Å². The van der Waals surface area contributed by atoms with E-state index in [1.165, 1.54) is 0 Å². The van der Waals surface area contributed by atoms with Crippen LogP contribution < -0.4 is 19.9 Å². The average molecular weight is 452 g/mol. The number of allylic oxidation sites excluding steroid dienone is 1. The molecule has 1 aromatic heterocycles. The summed E-state index contributed by atoms with van der Waals surface area (Å²) < 4.78 is 17.5. The molecule has 1 atom stereocenters. The fourth-order valence-electron chi connectivity index (χ4n) is 2.95. The van der Waals surface area contributed by atoms with E-state index in [4.69, 9.17) is 19.9 Å². The molecule has 2 heterocycles. The molecular weight excluding hydrogens is 435 g/mol. The first-order valence-electron chi connectivity index (χ1n) is 7.64. The quantitative estimate of drug-likeness (QED) is 0.692. The molecule has 0 spiro atoms. The molecule has 8 heteroatoms. The first-order chi connectivity index (χ1) is 12.0. The van der Waals surface area contributed by atoms with Gasteiger partial charge >= 0.3 is 0 Å². The lowest BCUT2D eigenvalue weighted by Crippen LogP contribution is -2.21. The highest BCUT2D eigenvalue weighted by Gasteiger charge is 2.35. The Hall–Kier alpha value is -2.41. The average Bonchev–Trinajstić information content (AvgIpc) is 2.94. The van der Waals surface area contributed by atoms with E-state index in [9.17, 15) is 5.26 Å². The summed E-state index contributed by atoms with van der Waals surface area (Å²) in [4.78, 5) is 0. The maximum Gasteiger partial charge on any atom is 0.244 e. The van der Waals surface area contributed by atoms with Crippen molar-refractivity contribution < 1.29 is 14.2 Å². The molecule has 0 saturated heterocycles. The van der Waals surface area contributed by atoms with Crippen LogP contribution in [-0.2, 0) is 0 Å². The van der Waals surface area contributed by atoms with E-state index in [1.54, 1.807) is 7.11 Å². The Balaban J connectivity index is 2.24. The van der Waals surface area contributed by atoms with Gasteiger partial charge in [-0.05, 0) is 54.1 Å². The molecule has 0 radical (unpaired) electrons. The molecule has 7 nitrogen and oxygen atoms in total. The number of aromatic amines is 1. The summed E-state index contributed by atoms with van der Waals surface area (Å²) >= 11 is 2.19. The van der Waals surface area contributed by atoms with Crippen molar-refractivity contribution in [2.75, 3.05) is 13.7 Å². The van der Waals surface area contributed by atoms with Crippen molar-refractivity contribution >= 4 is 22.6 Å². The molecule has 1 aliphatic rings. The fraction of sp³-hybridized carbons (Fsp3) is 0.294. The zero-order valence-corrected chi connectivity index (χ0v) is 16.2. The number of nitrogens with two attached hydrogens (primary N) is 1. The van der Waals surface area contributed by atoms with E-state index in [2.05, 4.69) is 38.9 Å². The van der Waals surface area contributed by atoms with E-state index in [1.807, 2.05) is 26.0 Å². The zero-order chi connectivity index (χ0) is 18.1. The van der Waals surface area contributed by atoms with Crippen LogP contribution in [0, 0.1) is 21.8 Å². The molecule has 3 N–H and O–H groups in total. The second-order valence-corrected chi connectivity index (χ2v) is 6.62. The van der Waals surface area contributed by atoms with Crippen molar-refractivity contribution in [3.05, 3.63) is 44.0 Å². The predicted molar refractivity (Wildman–Crippen MR) is 99.5 cm³/mol. The first kappa shape index (κ1) is 17.4. The number of nitriles is 1. The predicted octanol–water partition coefficient (Wildman–Crippen LogP) is 2.95. The summed E-state index contributed by atoms with van der Waals surface area (Å²) in [7, 11) is 1.60. The van der Waals surface area contributed by atoms with Crippen LogP contribution in [0.1, 0.15) is 29.7 Å². The highest BCUT2D eigenvalue weighted by atomic mass is 127. The van der Waals surface area contributed by atoms with E-state index in [0.29, 0.717) is 29.6 Å². The van der Waals surface area contributed by atoms with E-state index >= 15 is 0 Å². The molecule has 1 aliphatic heterocycles. The molecule has 0 unspecified atom stereocenters. The van der Waals surface area contributed by atoms with Crippen molar-refractivity contribution in [1.82, 2.24) is 10.2 Å². The summed E-state index contributed by atoms with van der Waals surface area (Å²) in [6, 6.07) is 6.01. The minimum atomic E-state index is -0.383. The Bertz CT molecular complexity index is 898. The Kier molecular flexibility index (Phi) is 4.76. The number of benzene rings is 1. The molecule has 0 amide bonds. The van der Waals surface area contributed by atoms with Gasteiger partial charge in [-0.15, -0.1) is 5.10 Å². The van der Waals surface area contributed by atoms with Crippen LogP contribution in [0.15, 0.2) is 23.6 Å². The van der Waals surface area contributed by atoms with Gasteiger partial charge in [0.25, 0.3) is 0 Å². The van der Waals surface area contributed by atoms with Gasteiger partial charge in [0.15, 0.2) is 11.5 Å². The van der Waals surface area contributed by atoms with Crippen LogP contribution in [0.2, 0.25) is 0 Å². The van der Waals surface area contributed by atoms with Crippen molar-refractivity contribution in [3.63, 3.8) is 0 Å². The van der Waals surface area contributed by atoms with Crippen molar-refractivity contribution in [2.45, 2.75) is 19.8 Å². The van der Waals surface area contributed by atoms with Gasteiger partial charge in [-0.25, -0.2) is 0 Å². The molecule has 0 fully saturated rings. The maximum absolute atomic E-state index is 9.63. The van der Waals surface area contributed by atoms with Crippen LogP contribution in [0.4, 0.5) is 0 Å². The van der Waals surface area contributed by atoms with Crippen molar-refractivity contribution in [1.29, 1.82) is 5.26 Å². The lowest BCUT2D eigenvalue weighted by atomic mass is 9.84. The number of H-pyrrole nitrogens is 1.